The van der Waals surface area contributed by atoms with Crippen molar-refractivity contribution in [2.75, 3.05) is 0 Å². The first-order chi connectivity index (χ1) is 2.00. The average molecular weight is 214 g/mol. The van der Waals surface area contributed by atoms with Crippen LogP contribution < -0.4 is 0 Å². The summed E-state index contributed by atoms with van der Waals surface area (Å²) in [6.07, 6.45) is 0. The van der Waals surface area contributed by atoms with Crippen molar-refractivity contribution in [2.45, 2.75) is 0 Å². The molecular weight excluding hydrogens is 214 g/mol. The summed E-state index contributed by atoms with van der Waals surface area (Å²) in [6, 6.07) is 0. The van der Waals surface area contributed by atoms with Crippen LogP contribution in [0.25, 0.3) is 0 Å². The van der Waals surface area contributed by atoms with Gasteiger partial charge in [-0.3, -0.25) is 0 Å². The Hall–Kier alpha value is 0.898. The molecular formula is ClF3Sb. The number of hydrogen-bond donors (Lipinski definition) is 0. The van der Waals surface area contributed by atoms with Crippen molar-refractivity contribution in [1.82, 2.24) is 0 Å². The van der Waals surface area contributed by atoms with Gasteiger partial charge in [-0.25, -0.2) is 0 Å². The van der Waals surface area contributed by atoms with Crippen molar-refractivity contribution < 1.29 is 8.44 Å². The Labute approximate surface area is 37.0 Å². The molecule has 0 saturated heterocycles. The van der Waals surface area contributed by atoms with Gasteiger partial charge in [0.1, 0.15) is 0 Å². The standard InChI is InChI=1S/ClH.3FH.Sb/h4*1H;/q;;;;+4/p-4. The second-order valence-electron chi connectivity index (χ2n) is 0.383. The molecule has 0 aromatic carbocycles. The van der Waals surface area contributed by atoms with Crippen molar-refractivity contribution >= 4 is 28.2 Å². The number of rotatable bonds is 0. The van der Waals surface area contributed by atoms with Gasteiger partial charge in [0.05, 0.1) is 0 Å². The van der Waals surface area contributed by atoms with E-state index in [1.807, 2.05) is 0 Å². The molecule has 0 rings (SSSR count). The minimum atomic E-state index is -6.13. The second kappa shape index (κ2) is 1.56. The van der Waals surface area contributed by atoms with Crippen molar-refractivity contribution in [3.63, 3.8) is 0 Å². The van der Waals surface area contributed by atoms with E-state index in [0.717, 1.165) is 0 Å². The van der Waals surface area contributed by atoms with Crippen LogP contribution in [-0.2, 0) is 0 Å². The zero-order valence-corrected chi connectivity index (χ0v) is 5.27. The second-order valence-corrected chi connectivity index (χ2v) is 5.14. The van der Waals surface area contributed by atoms with E-state index in [4.69, 9.17) is 0 Å². The Morgan fingerprint density at radius 2 is 1.20 bits per heavy atom. The summed E-state index contributed by atoms with van der Waals surface area (Å²) in [5.74, 6) is 0. The molecule has 33 valence electrons. The summed E-state index contributed by atoms with van der Waals surface area (Å²) >= 11 is -6.13. The summed E-state index contributed by atoms with van der Waals surface area (Å²) in [5.41, 5.74) is 0. The third kappa shape index (κ3) is 51.0. The molecule has 0 nitrogen and oxygen atoms in total. The Balaban J connectivity index is 3.02. The summed E-state index contributed by atoms with van der Waals surface area (Å²) in [5, 5.41) is 0. The van der Waals surface area contributed by atoms with Gasteiger partial charge in [0.25, 0.3) is 0 Å². The number of halogens is 4. The molecule has 0 bridgehead atoms. The Bertz CT molecular complexity index is 22.4. The summed E-state index contributed by atoms with van der Waals surface area (Å²) in [4.78, 5) is 0. The van der Waals surface area contributed by atoms with Crippen LogP contribution in [0, 0.1) is 0 Å². The van der Waals surface area contributed by atoms with Crippen LogP contribution in [0.15, 0.2) is 0 Å². The molecule has 0 aromatic rings. The maximum atomic E-state index is 10.3. The maximum absolute atomic E-state index is 10.3. The third-order valence-electron chi connectivity index (χ3n) is 0. The molecule has 0 amide bonds. The zero-order chi connectivity index (χ0) is 4.50. The van der Waals surface area contributed by atoms with Crippen LogP contribution in [0.5, 0.6) is 0 Å². The van der Waals surface area contributed by atoms with Gasteiger partial charge in [-0.15, -0.1) is 0 Å². The van der Waals surface area contributed by atoms with Crippen LogP contribution in [0.4, 0.5) is 8.44 Å². The van der Waals surface area contributed by atoms with E-state index < -0.39 is 19.4 Å². The first kappa shape index (κ1) is 5.90. The minimum absolute atomic E-state index is 3.73. The molecule has 0 aromatic heterocycles. The van der Waals surface area contributed by atoms with Crippen LogP contribution >= 0.6 is 8.83 Å². The van der Waals surface area contributed by atoms with E-state index in [1.54, 1.807) is 0 Å². The fraction of sp³-hybridized carbons (Fsp3) is 0. The quantitative estimate of drug-likeness (QED) is 0.537. The van der Waals surface area contributed by atoms with Gasteiger partial charge in [-0.05, 0) is 0 Å². The molecule has 1 radical (unpaired) electrons. The fourth-order valence-electron chi connectivity index (χ4n) is 0. The first-order valence-electron chi connectivity index (χ1n) is 0.676. The molecule has 0 saturated carbocycles. The van der Waals surface area contributed by atoms with Gasteiger partial charge in [-0.2, -0.15) is 0 Å². The van der Waals surface area contributed by atoms with Crippen LogP contribution in [-0.4, -0.2) is 19.4 Å². The zero-order valence-electron chi connectivity index (χ0n) is 1.96. The van der Waals surface area contributed by atoms with Crippen molar-refractivity contribution in [1.29, 1.82) is 0 Å². The van der Waals surface area contributed by atoms with Gasteiger partial charge < -0.3 is 0 Å². The van der Waals surface area contributed by atoms with E-state index in [-0.39, 0.29) is 0 Å². The normalized spacial score (nSPS) is 12.0. The van der Waals surface area contributed by atoms with E-state index in [2.05, 4.69) is 8.83 Å². The Morgan fingerprint density at radius 3 is 1.20 bits per heavy atom. The van der Waals surface area contributed by atoms with Crippen LogP contribution in [0.2, 0.25) is 0 Å². The predicted octanol–water partition coefficient (Wildman–Crippen LogP) is 1.57. The van der Waals surface area contributed by atoms with E-state index in [1.165, 1.54) is 0 Å². The first-order valence-corrected chi connectivity index (χ1v) is 6.80. The molecule has 0 heterocycles. The van der Waals surface area contributed by atoms with Gasteiger partial charge >= 0.3 is 36.7 Å². The molecule has 0 aliphatic heterocycles. The molecule has 5 heavy (non-hydrogen) atoms. The summed E-state index contributed by atoms with van der Waals surface area (Å²) in [6.45, 7) is 0. The molecule has 0 N–H and O–H groups in total. The average Bonchev–Trinajstić information content (AvgIpc) is 0.722. The van der Waals surface area contributed by atoms with Gasteiger partial charge in [0, 0.05) is 0 Å². The summed E-state index contributed by atoms with van der Waals surface area (Å²) < 4.78 is 31.0. The fourth-order valence-corrected chi connectivity index (χ4v) is 0. The molecule has 0 atom stereocenters. The topological polar surface area (TPSA) is 0 Å². The van der Waals surface area contributed by atoms with E-state index in [9.17, 15) is 8.44 Å². The van der Waals surface area contributed by atoms with E-state index in [0.29, 0.717) is 0 Å². The Kier molecular flexibility index (Phi) is 1.85. The van der Waals surface area contributed by atoms with Gasteiger partial charge in [0.2, 0.25) is 0 Å². The van der Waals surface area contributed by atoms with Crippen molar-refractivity contribution in [3.05, 3.63) is 0 Å². The molecule has 0 spiro atoms. The van der Waals surface area contributed by atoms with Crippen LogP contribution in [0.1, 0.15) is 0 Å². The van der Waals surface area contributed by atoms with E-state index >= 15 is 0 Å². The molecule has 0 aliphatic carbocycles. The predicted molar refractivity (Wildman–Crippen MR) is 14.9 cm³/mol. The third-order valence-corrected chi connectivity index (χ3v) is 0. The SMILES string of the molecule is [F][Sb]([F])([F])[Cl]. The van der Waals surface area contributed by atoms with Crippen molar-refractivity contribution in [2.24, 2.45) is 0 Å². The Morgan fingerprint density at radius 1 is 1.20 bits per heavy atom. The van der Waals surface area contributed by atoms with Gasteiger partial charge in [0.15, 0.2) is 0 Å². The molecule has 0 fully saturated rings. The van der Waals surface area contributed by atoms with Crippen molar-refractivity contribution in [3.8, 4) is 0 Å². The molecule has 0 unspecified atom stereocenters. The molecule has 5 heteroatoms. The van der Waals surface area contributed by atoms with Gasteiger partial charge in [-0.1, -0.05) is 0 Å². The monoisotopic (exact) mass is 213 g/mol. The number of hydrogen-bond acceptors (Lipinski definition) is 0. The molecule has 0 aliphatic rings. The van der Waals surface area contributed by atoms with Crippen LogP contribution in [0.3, 0.4) is 0 Å². The summed E-state index contributed by atoms with van der Waals surface area (Å²) in [7, 11) is 3.73.